The number of fused-ring (bicyclic) bond motifs is 1. The van der Waals surface area contributed by atoms with Gasteiger partial charge in [-0.15, -0.1) is 0 Å². The monoisotopic (exact) mass is 382 g/mol. The minimum Gasteiger partial charge on any atom is -0.344 e. The molecule has 150 valence electrons. The molecule has 3 rings (SSSR count). The topological polar surface area (TPSA) is 64.7 Å². The van der Waals surface area contributed by atoms with Gasteiger partial charge in [0.2, 0.25) is 5.91 Å². The first-order chi connectivity index (χ1) is 13.4. The Morgan fingerprint density at radius 1 is 1.00 bits per heavy atom. The van der Waals surface area contributed by atoms with Gasteiger partial charge in [0.05, 0.1) is 6.42 Å². The van der Waals surface area contributed by atoms with E-state index in [-0.39, 0.29) is 24.2 Å². The molecular weight excluding hydrogens is 352 g/mol. The van der Waals surface area contributed by atoms with Gasteiger partial charge in [0.1, 0.15) is 6.04 Å². The minimum absolute atomic E-state index is 0.00364. The maximum absolute atomic E-state index is 12.8. The van der Waals surface area contributed by atoms with Crippen LogP contribution in [0, 0.1) is 5.92 Å². The first-order valence-electron chi connectivity index (χ1n) is 9.94. The normalized spacial score (nSPS) is 16.9. The largest absolute Gasteiger partial charge is 0.344 e. The Labute approximate surface area is 166 Å². The minimum atomic E-state index is -0.554. The molecule has 1 fully saturated rings. The molecule has 0 aromatic heterocycles. The van der Waals surface area contributed by atoms with Crippen LogP contribution in [0.25, 0.3) is 10.8 Å². The van der Waals surface area contributed by atoms with Crippen molar-refractivity contribution in [2.75, 3.05) is 33.2 Å². The summed E-state index contributed by atoms with van der Waals surface area (Å²) in [5, 5.41) is 7.06. The lowest BCUT2D eigenvalue weighted by molar-refractivity contribution is -0.133. The number of hydrogen-bond acceptors (Lipinski definition) is 4. The molecule has 1 atom stereocenters. The summed E-state index contributed by atoms with van der Waals surface area (Å²) in [4.78, 5) is 27.7. The van der Waals surface area contributed by atoms with E-state index in [4.69, 9.17) is 0 Å². The maximum atomic E-state index is 12.8. The molecular formula is C22H30N4O2. The van der Waals surface area contributed by atoms with Gasteiger partial charge in [0.15, 0.2) is 0 Å². The van der Waals surface area contributed by atoms with E-state index >= 15 is 0 Å². The molecule has 0 bridgehead atoms. The number of hydrazine groups is 1. The van der Waals surface area contributed by atoms with Gasteiger partial charge in [0.25, 0.3) is 5.91 Å². The van der Waals surface area contributed by atoms with Crippen molar-refractivity contribution in [3.05, 3.63) is 48.0 Å². The third-order valence-electron chi connectivity index (χ3n) is 5.27. The Balaban J connectivity index is 1.63. The highest BCUT2D eigenvalue weighted by Gasteiger charge is 2.26. The Kier molecular flexibility index (Phi) is 6.65. The summed E-state index contributed by atoms with van der Waals surface area (Å²) in [7, 11) is 2.07. The third-order valence-corrected chi connectivity index (χ3v) is 5.27. The van der Waals surface area contributed by atoms with Gasteiger partial charge in [-0.25, -0.2) is 5.01 Å². The Morgan fingerprint density at radius 2 is 1.68 bits per heavy atom. The summed E-state index contributed by atoms with van der Waals surface area (Å²) in [5.74, 6) is -0.279. The van der Waals surface area contributed by atoms with E-state index in [1.54, 1.807) is 0 Å². The first-order valence-corrected chi connectivity index (χ1v) is 9.94. The molecule has 6 nitrogen and oxygen atoms in total. The third kappa shape index (κ3) is 5.09. The van der Waals surface area contributed by atoms with Gasteiger partial charge in [-0.05, 0) is 29.3 Å². The molecule has 1 saturated heterocycles. The molecule has 0 aliphatic carbocycles. The predicted octanol–water partition coefficient (Wildman–Crippen LogP) is 1.80. The first kappa shape index (κ1) is 20.3. The molecule has 1 heterocycles. The fourth-order valence-corrected chi connectivity index (χ4v) is 3.52. The van der Waals surface area contributed by atoms with Crippen molar-refractivity contribution in [1.29, 1.82) is 0 Å². The molecule has 0 radical (unpaired) electrons. The zero-order chi connectivity index (χ0) is 20.1. The molecule has 0 unspecified atom stereocenters. The smallest absolute Gasteiger partial charge is 0.257 e. The van der Waals surface area contributed by atoms with Crippen molar-refractivity contribution in [1.82, 2.24) is 20.7 Å². The van der Waals surface area contributed by atoms with Gasteiger partial charge in [-0.2, -0.15) is 0 Å². The van der Waals surface area contributed by atoms with E-state index in [0.717, 1.165) is 42.5 Å². The number of likely N-dealkylation sites (N-methyl/N-ethyl adjacent to an activating group) is 1. The number of carbonyl (C=O) groups excluding carboxylic acids is 2. The Hall–Kier alpha value is -2.44. The summed E-state index contributed by atoms with van der Waals surface area (Å²) < 4.78 is 0. The SMILES string of the molecule is CC(C)[C@H](NC(=O)Cc1cccc2ccccc12)C(=O)NN1CCN(C)CC1. The van der Waals surface area contributed by atoms with Crippen LogP contribution in [0.15, 0.2) is 42.5 Å². The number of rotatable bonds is 6. The second-order valence-electron chi connectivity index (χ2n) is 7.87. The molecule has 2 aromatic rings. The Morgan fingerprint density at radius 3 is 2.39 bits per heavy atom. The predicted molar refractivity (Wildman–Crippen MR) is 112 cm³/mol. The number of nitrogens with one attached hydrogen (secondary N) is 2. The highest BCUT2D eigenvalue weighted by Crippen LogP contribution is 2.19. The van der Waals surface area contributed by atoms with Crippen molar-refractivity contribution >= 4 is 22.6 Å². The number of hydrogen-bond donors (Lipinski definition) is 2. The molecule has 2 amide bonds. The highest BCUT2D eigenvalue weighted by molar-refractivity contribution is 5.92. The summed E-state index contributed by atoms with van der Waals surface area (Å²) in [5.41, 5.74) is 3.94. The average Bonchev–Trinajstić information content (AvgIpc) is 2.68. The molecule has 6 heteroatoms. The lowest BCUT2D eigenvalue weighted by Gasteiger charge is -2.34. The van der Waals surface area contributed by atoms with Gasteiger partial charge in [-0.1, -0.05) is 56.3 Å². The fourth-order valence-electron chi connectivity index (χ4n) is 3.52. The van der Waals surface area contributed by atoms with Gasteiger partial charge >= 0.3 is 0 Å². The summed E-state index contributed by atoms with van der Waals surface area (Å²) in [6.07, 6.45) is 0.256. The van der Waals surface area contributed by atoms with Crippen molar-refractivity contribution in [3.63, 3.8) is 0 Å². The van der Waals surface area contributed by atoms with Crippen LogP contribution in [0.1, 0.15) is 19.4 Å². The molecule has 1 aliphatic heterocycles. The van der Waals surface area contributed by atoms with Gasteiger partial charge in [-0.3, -0.25) is 15.0 Å². The van der Waals surface area contributed by atoms with Crippen LogP contribution in [0.5, 0.6) is 0 Å². The lowest BCUT2D eigenvalue weighted by atomic mass is 10.0. The van der Waals surface area contributed by atoms with E-state index in [2.05, 4.69) is 22.7 Å². The molecule has 1 aliphatic rings. The standard InChI is InChI=1S/C22H30N4O2/c1-16(2)21(22(28)24-26-13-11-25(3)12-14-26)23-20(27)15-18-9-6-8-17-7-4-5-10-19(17)18/h4-10,16,21H,11-15H2,1-3H3,(H,23,27)(H,24,28)/t21-/m0/s1. The number of carbonyl (C=O) groups is 2. The van der Waals surface area contributed by atoms with E-state index < -0.39 is 6.04 Å². The second-order valence-corrected chi connectivity index (χ2v) is 7.87. The molecule has 2 N–H and O–H groups in total. The summed E-state index contributed by atoms with van der Waals surface area (Å²) >= 11 is 0. The second kappa shape index (κ2) is 9.17. The van der Waals surface area contributed by atoms with Crippen molar-refractivity contribution in [2.24, 2.45) is 5.92 Å². The maximum Gasteiger partial charge on any atom is 0.257 e. The van der Waals surface area contributed by atoms with Crippen LogP contribution in [-0.4, -0.2) is 61.0 Å². The zero-order valence-corrected chi connectivity index (χ0v) is 16.9. The lowest BCUT2D eigenvalue weighted by Crippen LogP contribution is -2.58. The van der Waals surface area contributed by atoms with Crippen LogP contribution in [0.3, 0.4) is 0 Å². The highest BCUT2D eigenvalue weighted by atomic mass is 16.2. The summed E-state index contributed by atoms with van der Waals surface area (Å²) in [6.45, 7) is 7.31. The number of nitrogens with zero attached hydrogens (tertiary/aromatic N) is 2. The van der Waals surface area contributed by atoms with Gasteiger partial charge in [0, 0.05) is 26.2 Å². The number of amides is 2. The number of piperazine rings is 1. The van der Waals surface area contributed by atoms with E-state index in [0.29, 0.717) is 0 Å². The van der Waals surface area contributed by atoms with Crippen molar-refractivity contribution in [3.8, 4) is 0 Å². The number of benzene rings is 2. The van der Waals surface area contributed by atoms with Crippen LogP contribution < -0.4 is 10.7 Å². The molecule has 0 spiro atoms. The van der Waals surface area contributed by atoms with Crippen molar-refractivity contribution < 1.29 is 9.59 Å². The van der Waals surface area contributed by atoms with Crippen LogP contribution in [0.4, 0.5) is 0 Å². The van der Waals surface area contributed by atoms with Crippen LogP contribution in [0.2, 0.25) is 0 Å². The van der Waals surface area contributed by atoms with Gasteiger partial charge < -0.3 is 10.2 Å². The quantitative estimate of drug-likeness (QED) is 0.800. The molecule has 2 aromatic carbocycles. The van der Waals surface area contributed by atoms with E-state index in [1.165, 1.54) is 0 Å². The molecule has 28 heavy (non-hydrogen) atoms. The van der Waals surface area contributed by atoms with E-state index in [9.17, 15) is 9.59 Å². The van der Waals surface area contributed by atoms with Crippen molar-refractivity contribution in [2.45, 2.75) is 26.3 Å². The van der Waals surface area contributed by atoms with Crippen LogP contribution >= 0.6 is 0 Å². The molecule has 0 saturated carbocycles. The summed E-state index contributed by atoms with van der Waals surface area (Å²) in [6, 6.07) is 13.4. The zero-order valence-electron chi connectivity index (χ0n) is 16.9. The Bertz CT molecular complexity index is 823. The van der Waals surface area contributed by atoms with E-state index in [1.807, 2.05) is 61.3 Å². The average molecular weight is 383 g/mol. The van der Waals surface area contributed by atoms with Crippen LogP contribution in [-0.2, 0) is 16.0 Å². The fraction of sp³-hybridized carbons (Fsp3) is 0.455.